The molecule has 1 heterocycles. The Morgan fingerprint density at radius 1 is 1.53 bits per heavy atom. The molecule has 1 aromatic heterocycles. The van der Waals surface area contributed by atoms with Gasteiger partial charge in [0.25, 0.3) is 0 Å². The highest BCUT2D eigenvalue weighted by Gasteiger charge is 2.09. The van der Waals surface area contributed by atoms with Gasteiger partial charge in [-0.3, -0.25) is 15.1 Å². The van der Waals surface area contributed by atoms with E-state index in [0.29, 0.717) is 21.6 Å². The molecular formula is C11H8ClN3O2. The van der Waals surface area contributed by atoms with Crippen molar-refractivity contribution in [2.24, 2.45) is 0 Å². The number of pyridine rings is 1. The summed E-state index contributed by atoms with van der Waals surface area (Å²) >= 11 is 6.02. The van der Waals surface area contributed by atoms with Crippen LogP contribution in [-0.4, -0.2) is 12.1 Å². The van der Waals surface area contributed by atoms with E-state index in [1.807, 2.05) is 6.07 Å². The van der Waals surface area contributed by atoms with Crippen molar-refractivity contribution in [2.75, 3.05) is 12.6 Å². The number of aromatic amines is 1. The fourth-order valence-electron chi connectivity index (χ4n) is 1.55. The maximum Gasteiger partial charge on any atom is 0.207 e. The minimum atomic E-state index is -0.358. The van der Waals surface area contributed by atoms with E-state index in [-0.39, 0.29) is 11.0 Å². The Bertz CT molecular complexity index is 673. The molecule has 0 unspecified atom stereocenters. The normalized spacial score (nSPS) is 10.2. The van der Waals surface area contributed by atoms with Crippen molar-refractivity contribution in [1.29, 1.82) is 5.26 Å². The van der Waals surface area contributed by atoms with Gasteiger partial charge in [-0.15, -0.1) is 0 Å². The molecule has 2 aromatic rings. The van der Waals surface area contributed by atoms with E-state index >= 15 is 0 Å². The zero-order valence-electron chi connectivity index (χ0n) is 8.87. The molecule has 0 saturated heterocycles. The summed E-state index contributed by atoms with van der Waals surface area (Å²) in [5.74, 6) is 0. The second kappa shape index (κ2) is 4.45. The zero-order chi connectivity index (χ0) is 12.4. The number of nitrogens with zero attached hydrogens (tertiary/aromatic N) is 1. The van der Waals surface area contributed by atoms with E-state index < -0.39 is 0 Å². The van der Waals surface area contributed by atoms with E-state index in [9.17, 15) is 4.79 Å². The van der Waals surface area contributed by atoms with E-state index in [1.165, 1.54) is 13.3 Å². The van der Waals surface area contributed by atoms with Crippen LogP contribution in [0.4, 0.5) is 5.69 Å². The highest BCUT2D eigenvalue weighted by molar-refractivity contribution is 6.35. The molecule has 2 rings (SSSR count). The van der Waals surface area contributed by atoms with E-state index in [4.69, 9.17) is 21.7 Å². The second-order valence-corrected chi connectivity index (χ2v) is 3.74. The van der Waals surface area contributed by atoms with E-state index in [1.54, 1.807) is 12.1 Å². The molecule has 0 aliphatic rings. The molecule has 0 radical (unpaired) electrons. The molecule has 0 aliphatic heterocycles. The summed E-state index contributed by atoms with van der Waals surface area (Å²) in [6.45, 7) is 0. The Labute approximate surface area is 102 Å². The predicted molar refractivity (Wildman–Crippen MR) is 64.9 cm³/mol. The molecule has 0 bridgehead atoms. The Morgan fingerprint density at radius 3 is 2.94 bits per heavy atom. The lowest BCUT2D eigenvalue weighted by atomic mass is 10.1. The molecular weight excluding hydrogens is 242 g/mol. The Hall–Kier alpha value is -2.03. The molecule has 6 heteroatoms. The SMILES string of the molecule is CONc1cc(Cl)c2[nH]cc(C#N)c(=O)c2c1. The first-order chi connectivity index (χ1) is 8.17. The fourth-order valence-corrected chi connectivity index (χ4v) is 1.82. The van der Waals surface area contributed by atoms with Crippen LogP contribution in [0.2, 0.25) is 5.02 Å². The summed E-state index contributed by atoms with van der Waals surface area (Å²) in [7, 11) is 1.45. The average molecular weight is 250 g/mol. The molecule has 0 saturated carbocycles. The highest BCUT2D eigenvalue weighted by atomic mass is 35.5. The highest BCUT2D eigenvalue weighted by Crippen LogP contribution is 2.24. The Kier molecular flexibility index (Phi) is 3.00. The first-order valence-corrected chi connectivity index (χ1v) is 5.09. The molecule has 17 heavy (non-hydrogen) atoms. The Morgan fingerprint density at radius 2 is 2.29 bits per heavy atom. The van der Waals surface area contributed by atoms with Gasteiger partial charge in [0.1, 0.15) is 11.6 Å². The average Bonchev–Trinajstić information content (AvgIpc) is 2.31. The van der Waals surface area contributed by atoms with Gasteiger partial charge in [0.15, 0.2) is 0 Å². The molecule has 0 amide bonds. The van der Waals surface area contributed by atoms with Crippen molar-refractivity contribution in [3.63, 3.8) is 0 Å². The third-order valence-corrected chi connectivity index (χ3v) is 2.58. The van der Waals surface area contributed by atoms with Gasteiger partial charge >= 0.3 is 0 Å². The van der Waals surface area contributed by atoms with Crippen LogP contribution in [0.3, 0.4) is 0 Å². The van der Waals surface area contributed by atoms with Crippen LogP contribution in [-0.2, 0) is 4.84 Å². The monoisotopic (exact) mass is 249 g/mol. The van der Waals surface area contributed by atoms with E-state index in [2.05, 4.69) is 10.5 Å². The van der Waals surface area contributed by atoms with Gasteiger partial charge in [-0.05, 0) is 12.1 Å². The minimum absolute atomic E-state index is 0.0446. The van der Waals surface area contributed by atoms with Gasteiger partial charge < -0.3 is 4.98 Å². The molecule has 0 aliphatic carbocycles. The summed E-state index contributed by atoms with van der Waals surface area (Å²) in [6.07, 6.45) is 1.35. The lowest BCUT2D eigenvalue weighted by Crippen LogP contribution is -2.08. The molecule has 2 N–H and O–H groups in total. The van der Waals surface area contributed by atoms with Crippen molar-refractivity contribution in [2.45, 2.75) is 0 Å². The number of hydrogen-bond donors (Lipinski definition) is 2. The number of anilines is 1. The number of rotatable bonds is 2. The summed E-state index contributed by atoms with van der Waals surface area (Å²) in [6, 6.07) is 5.01. The van der Waals surface area contributed by atoms with Crippen molar-refractivity contribution in [1.82, 2.24) is 4.98 Å². The van der Waals surface area contributed by atoms with Crippen LogP contribution in [0.5, 0.6) is 0 Å². The Balaban J connectivity index is 2.80. The molecule has 0 atom stereocenters. The van der Waals surface area contributed by atoms with Crippen molar-refractivity contribution in [3.05, 3.63) is 39.1 Å². The fraction of sp³-hybridized carbons (Fsp3) is 0.0909. The van der Waals surface area contributed by atoms with Crippen LogP contribution in [0.15, 0.2) is 23.1 Å². The largest absolute Gasteiger partial charge is 0.358 e. The molecule has 1 aromatic carbocycles. The molecule has 86 valence electrons. The maximum absolute atomic E-state index is 11.9. The number of halogens is 1. The summed E-state index contributed by atoms with van der Waals surface area (Å²) in [4.78, 5) is 19.5. The predicted octanol–water partition coefficient (Wildman–Crippen LogP) is 2.03. The number of hydrogen-bond acceptors (Lipinski definition) is 4. The first kappa shape index (κ1) is 11.5. The lowest BCUT2D eigenvalue weighted by Gasteiger charge is -2.06. The van der Waals surface area contributed by atoms with Crippen LogP contribution in [0.25, 0.3) is 10.9 Å². The number of nitrogens with one attached hydrogen (secondary N) is 2. The van der Waals surface area contributed by atoms with Gasteiger partial charge in [-0.2, -0.15) is 5.26 Å². The van der Waals surface area contributed by atoms with E-state index in [0.717, 1.165) is 0 Å². The van der Waals surface area contributed by atoms with Crippen LogP contribution >= 0.6 is 11.6 Å². The number of aromatic nitrogens is 1. The van der Waals surface area contributed by atoms with Gasteiger partial charge in [-0.1, -0.05) is 11.6 Å². The number of H-pyrrole nitrogens is 1. The third-order valence-electron chi connectivity index (χ3n) is 2.28. The smallest absolute Gasteiger partial charge is 0.207 e. The second-order valence-electron chi connectivity index (χ2n) is 3.33. The molecule has 5 nitrogen and oxygen atoms in total. The first-order valence-electron chi connectivity index (χ1n) is 4.71. The quantitative estimate of drug-likeness (QED) is 0.799. The van der Waals surface area contributed by atoms with Gasteiger partial charge in [0.2, 0.25) is 5.43 Å². The van der Waals surface area contributed by atoms with Crippen molar-refractivity contribution in [3.8, 4) is 6.07 Å². The third kappa shape index (κ3) is 1.96. The van der Waals surface area contributed by atoms with Gasteiger partial charge in [0.05, 0.1) is 28.7 Å². The summed E-state index contributed by atoms with van der Waals surface area (Å²) in [5, 5.41) is 9.50. The molecule has 0 spiro atoms. The maximum atomic E-state index is 11.9. The van der Waals surface area contributed by atoms with Crippen LogP contribution < -0.4 is 10.9 Å². The number of benzene rings is 1. The standard InChI is InChI=1S/C11H8ClN3O2/c1-17-15-7-2-8-10(9(12)3-7)14-5-6(4-13)11(8)16/h2-3,5,15H,1H3,(H,14,16). The topological polar surface area (TPSA) is 77.9 Å². The summed E-state index contributed by atoms with van der Waals surface area (Å²) in [5.41, 5.74) is 3.32. The van der Waals surface area contributed by atoms with Crippen LogP contribution in [0, 0.1) is 11.3 Å². The van der Waals surface area contributed by atoms with Crippen molar-refractivity contribution >= 4 is 28.2 Å². The van der Waals surface area contributed by atoms with Crippen molar-refractivity contribution < 1.29 is 4.84 Å². The van der Waals surface area contributed by atoms with Gasteiger partial charge in [0, 0.05) is 6.20 Å². The van der Waals surface area contributed by atoms with Gasteiger partial charge in [-0.25, -0.2) is 0 Å². The van der Waals surface area contributed by atoms with Crippen LogP contribution in [0.1, 0.15) is 5.56 Å². The zero-order valence-corrected chi connectivity index (χ0v) is 9.63. The minimum Gasteiger partial charge on any atom is -0.358 e. The lowest BCUT2D eigenvalue weighted by molar-refractivity contribution is 0.271. The number of fused-ring (bicyclic) bond motifs is 1. The summed E-state index contributed by atoms with van der Waals surface area (Å²) < 4.78 is 0. The number of nitriles is 1. The molecule has 0 fully saturated rings.